The number of nitrogens with one attached hydrogen (secondary N) is 1. The van der Waals surface area contributed by atoms with Gasteiger partial charge >= 0.3 is 0 Å². The Labute approximate surface area is 111 Å². The standard InChI is InChI=1S/C16H26N2/c1-12-6-8-15(9-7-12)14(3)18-11-16(4,5)17-10-13(18)2/h6-9,13-14,17H,10-11H2,1-5H3. The molecule has 2 rings (SSSR count). The summed E-state index contributed by atoms with van der Waals surface area (Å²) < 4.78 is 0. The largest absolute Gasteiger partial charge is 0.309 e. The topological polar surface area (TPSA) is 15.3 Å². The molecule has 0 spiro atoms. The second kappa shape index (κ2) is 5.02. The zero-order valence-corrected chi connectivity index (χ0v) is 12.3. The molecule has 0 bridgehead atoms. The quantitative estimate of drug-likeness (QED) is 0.862. The summed E-state index contributed by atoms with van der Waals surface area (Å²) in [6.45, 7) is 13.5. The molecule has 1 aliphatic rings. The second-order valence-electron chi connectivity index (χ2n) is 6.37. The van der Waals surface area contributed by atoms with Crippen molar-refractivity contribution in [2.45, 2.75) is 52.2 Å². The zero-order chi connectivity index (χ0) is 13.3. The van der Waals surface area contributed by atoms with Crippen LogP contribution in [0.25, 0.3) is 0 Å². The van der Waals surface area contributed by atoms with Crippen molar-refractivity contribution in [2.24, 2.45) is 0 Å². The molecular formula is C16H26N2. The van der Waals surface area contributed by atoms with Gasteiger partial charge in [0.15, 0.2) is 0 Å². The van der Waals surface area contributed by atoms with Crippen LogP contribution >= 0.6 is 0 Å². The summed E-state index contributed by atoms with van der Waals surface area (Å²) in [5.74, 6) is 0. The molecule has 1 aliphatic heterocycles. The maximum absolute atomic E-state index is 3.61. The third-order valence-corrected chi connectivity index (χ3v) is 4.08. The molecule has 1 fully saturated rings. The van der Waals surface area contributed by atoms with E-state index in [2.05, 4.69) is 69.1 Å². The van der Waals surface area contributed by atoms with Crippen LogP contribution in [0.3, 0.4) is 0 Å². The average molecular weight is 246 g/mol. The van der Waals surface area contributed by atoms with E-state index in [-0.39, 0.29) is 5.54 Å². The van der Waals surface area contributed by atoms with Crippen molar-refractivity contribution in [3.8, 4) is 0 Å². The van der Waals surface area contributed by atoms with Crippen molar-refractivity contribution in [3.05, 3.63) is 35.4 Å². The smallest absolute Gasteiger partial charge is 0.0324 e. The minimum Gasteiger partial charge on any atom is -0.309 e. The lowest BCUT2D eigenvalue weighted by molar-refractivity contribution is 0.0689. The second-order valence-corrected chi connectivity index (χ2v) is 6.37. The highest BCUT2D eigenvalue weighted by Gasteiger charge is 2.33. The minimum atomic E-state index is 0.214. The Morgan fingerprint density at radius 1 is 1.28 bits per heavy atom. The van der Waals surface area contributed by atoms with E-state index in [4.69, 9.17) is 0 Å². The summed E-state index contributed by atoms with van der Waals surface area (Å²) in [5, 5.41) is 3.61. The summed E-state index contributed by atoms with van der Waals surface area (Å²) in [5.41, 5.74) is 2.97. The Balaban J connectivity index is 2.16. The van der Waals surface area contributed by atoms with Gasteiger partial charge in [0.2, 0.25) is 0 Å². The van der Waals surface area contributed by atoms with E-state index in [9.17, 15) is 0 Å². The highest BCUT2D eigenvalue weighted by atomic mass is 15.3. The molecule has 2 nitrogen and oxygen atoms in total. The number of rotatable bonds is 2. The fourth-order valence-electron chi connectivity index (χ4n) is 2.76. The predicted octanol–water partition coefficient (Wildman–Crippen LogP) is 3.13. The van der Waals surface area contributed by atoms with E-state index in [1.807, 2.05) is 0 Å². The number of hydrogen-bond donors (Lipinski definition) is 1. The fraction of sp³-hybridized carbons (Fsp3) is 0.625. The molecule has 0 amide bonds. The molecule has 100 valence electrons. The molecule has 0 aliphatic carbocycles. The first kappa shape index (κ1) is 13.6. The maximum Gasteiger partial charge on any atom is 0.0324 e. The van der Waals surface area contributed by atoms with E-state index in [1.54, 1.807) is 0 Å². The predicted molar refractivity (Wildman–Crippen MR) is 77.8 cm³/mol. The molecule has 1 N–H and O–H groups in total. The molecule has 2 heteroatoms. The van der Waals surface area contributed by atoms with Crippen LogP contribution in [-0.4, -0.2) is 29.6 Å². The van der Waals surface area contributed by atoms with Crippen LogP contribution in [0.5, 0.6) is 0 Å². The van der Waals surface area contributed by atoms with Gasteiger partial charge < -0.3 is 5.32 Å². The highest BCUT2D eigenvalue weighted by molar-refractivity contribution is 5.24. The molecule has 18 heavy (non-hydrogen) atoms. The van der Waals surface area contributed by atoms with Gasteiger partial charge in [0.25, 0.3) is 0 Å². The summed E-state index contributed by atoms with van der Waals surface area (Å²) >= 11 is 0. The Morgan fingerprint density at radius 2 is 1.89 bits per heavy atom. The Bertz CT molecular complexity index is 394. The summed E-state index contributed by atoms with van der Waals surface area (Å²) in [6.07, 6.45) is 0. The molecule has 0 saturated carbocycles. The van der Waals surface area contributed by atoms with Crippen LogP contribution in [0.2, 0.25) is 0 Å². The number of piperazine rings is 1. The Hall–Kier alpha value is -0.860. The van der Waals surface area contributed by atoms with Crippen LogP contribution < -0.4 is 5.32 Å². The van der Waals surface area contributed by atoms with Crippen molar-refractivity contribution in [3.63, 3.8) is 0 Å². The average Bonchev–Trinajstić information content (AvgIpc) is 2.32. The first-order valence-corrected chi connectivity index (χ1v) is 6.96. The number of benzene rings is 1. The first-order chi connectivity index (χ1) is 8.39. The van der Waals surface area contributed by atoms with Gasteiger partial charge in [-0.1, -0.05) is 29.8 Å². The zero-order valence-electron chi connectivity index (χ0n) is 12.3. The number of aryl methyl sites for hydroxylation is 1. The first-order valence-electron chi connectivity index (χ1n) is 6.96. The van der Waals surface area contributed by atoms with E-state index in [0.717, 1.165) is 13.1 Å². The van der Waals surface area contributed by atoms with Crippen molar-refractivity contribution >= 4 is 0 Å². The van der Waals surface area contributed by atoms with Crippen LogP contribution in [0, 0.1) is 6.92 Å². The lowest BCUT2D eigenvalue weighted by Gasteiger charge is -2.46. The fourth-order valence-corrected chi connectivity index (χ4v) is 2.76. The van der Waals surface area contributed by atoms with Crippen molar-refractivity contribution in [1.82, 2.24) is 10.2 Å². The lowest BCUT2D eigenvalue weighted by atomic mass is 9.95. The molecule has 0 aromatic heterocycles. The molecule has 1 aromatic carbocycles. The van der Waals surface area contributed by atoms with Gasteiger partial charge in [0.1, 0.15) is 0 Å². The summed E-state index contributed by atoms with van der Waals surface area (Å²) in [7, 11) is 0. The molecule has 2 unspecified atom stereocenters. The van der Waals surface area contributed by atoms with Gasteiger partial charge in [-0.2, -0.15) is 0 Å². The monoisotopic (exact) mass is 246 g/mol. The molecule has 1 heterocycles. The Kier molecular flexibility index (Phi) is 3.79. The third-order valence-electron chi connectivity index (χ3n) is 4.08. The molecular weight excluding hydrogens is 220 g/mol. The van der Waals surface area contributed by atoms with Gasteiger partial charge in [0, 0.05) is 30.7 Å². The van der Waals surface area contributed by atoms with E-state index in [0.29, 0.717) is 12.1 Å². The SMILES string of the molecule is Cc1ccc(C(C)N2CC(C)(C)NCC2C)cc1. The number of hydrogen-bond acceptors (Lipinski definition) is 2. The normalized spacial score (nSPS) is 25.9. The molecule has 2 atom stereocenters. The van der Waals surface area contributed by atoms with Crippen molar-refractivity contribution in [1.29, 1.82) is 0 Å². The Morgan fingerprint density at radius 3 is 2.50 bits per heavy atom. The molecule has 1 aromatic rings. The van der Waals surface area contributed by atoms with Gasteiger partial charge in [-0.25, -0.2) is 0 Å². The third kappa shape index (κ3) is 2.93. The van der Waals surface area contributed by atoms with E-state index >= 15 is 0 Å². The van der Waals surface area contributed by atoms with E-state index < -0.39 is 0 Å². The van der Waals surface area contributed by atoms with Gasteiger partial charge in [-0.05, 0) is 40.2 Å². The van der Waals surface area contributed by atoms with Crippen LogP contribution in [0.4, 0.5) is 0 Å². The van der Waals surface area contributed by atoms with Crippen LogP contribution in [-0.2, 0) is 0 Å². The minimum absolute atomic E-state index is 0.214. The molecule has 1 saturated heterocycles. The lowest BCUT2D eigenvalue weighted by Crippen LogP contribution is -2.61. The van der Waals surface area contributed by atoms with Crippen molar-refractivity contribution in [2.75, 3.05) is 13.1 Å². The summed E-state index contributed by atoms with van der Waals surface area (Å²) in [4.78, 5) is 2.61. The van der Waals surface area contributed by atoms with Crippen molar-refractivity contribution < 1.29 is 0 Å². The van der Waals surface area contributed by atoms with Gasteiger partial charge in [0.05, 0.1) is 0 Å². The van der Waals surface area contributed by atoms with Gasteiger partial charge in [-0.3, -0.25) is 4.90 Å². The van der Waals surface area contributed by atoms with Crippen LogP contribution in [0.1, 0.15) is 44.9 Å². The highest BCUT2D eigenvalue weighted by Crippen LogP contribution is 2.27. The maximum atomic E-state index is 3.61. The van der Waals surface area contributed by atoms with E-state index in [1.165, 1.54) is 11.1 Å². The van der Waals surface area contributed by atoms with Crippen LogP contribution in [0.15, 0.2) is 24.3 Å². The molecule has 0 radical (unpaired) electrons. The number of nitrogens with zero attached hydrogens (tertiary/aromatic N) is 1. The summed E-state index contributed by atoms with van der Waals surface area (Å²) in [6, 6.07) is 10.0. The van der Waals surface area contributed by atoms with Gasteiger partial charge in [-0.15, -0.1) is 0 Å².